The van der Waals surface area contributed by atoms with E-state index in [4.69, 9.17) is 19.5 Å². The number of ether oxygens (including phenoxy) is 3. The number of sulfone groups is 1. The second-order valence-corrected chi connectivity index (χ2v) is 9.73. The fourth-order valence-corrected chi connectivity index (χ4v) is 3.96. The van der Waals surface area contributed by atoms with E-state index in [0.717, 1.165) is 6.26 Å². The molecule has 174 valence electrons. The SMILES string of the molecule is COC[C@H](C)Oc1cc(Oc2ccc(S(C)(=O)=O)cc2)cc(-c2nc3ncc(C#N)cc3[nH]2)c1. The van der Waals surface area contributed by atoms with Crippen molar-refractivity contribution >= 4 is 21.0 Å². The molecule has 1 N–H and O–H groups in total. The van der Waals surface area contributed by atoms with E-state index in [0.29, 0.717) is 52.0 Å². The molecule has 0 radical (unpaired) electrons. The van der Waals surface area contributed by atoms with Crippen LogP contribution in [0.25, 0.3) is 22.6 Å². The Balaban J connectivity index is 1.71. The molecule has 0 aliphatic heterocycles. The Morgan fingerprint density at radius 1 is 1.09 bits per heavy atom. The van der Waals surface area contributed by atoms with Crippen LogP contribution in [0.3, 0.4) is 0 Å². The summed E-state index contributed by atoms with van der Waals surface area (Å²) in [4.78, 5) is 12.1. The van der Waals surface area contributed by atoms with Crippen LogP contribution in [0.15, 0.2) is 59.6 Å². The molecule has 0 spiro atoms. The Labute approximate surface area is 196 Å². The smallest absolute Gasteiger partial charge is 0.178 e. The molecule has 0 saturated carbocycles. The monoisotopic (exact) mass is 478 g/mol. The van der Waals surface area contributed by atoms with Gasteiger partial charge in [-0.05, 0) is 49.4 Å². The van der Waals surface area contributed by atoms with Gasteiger partial charge < -0.3 is 19.2 Å². The summed E-state index contributed by atoms with van der Waals surface area (Å²) < 4.78 is 40.6. The first-order chi connectivity index (χ1) is 16.2. The average Bonchev–Trinajstić information content (AvgIpc) is 3.22. The first-order valence-electron chi connectivity index (χ1n) is 10.3. The van der Waals surface area contributed by atoms with E-state index in [1.807, 2.05) is 13.0 Å². The molecule has 0 saturated heterocycles. The van der Waals surface area contributed by atoms with Gasteiger partial charge in [0.15, 0.2) is 15.5 Å². The standard InChI is InChI=1S/C24H22N4O5S/c1-15(14-31-2)32-19-9-17(23-27-22-8-16(12-25)13-26-24(22)28-23)10-20(11-19)33-18-4-6-21(7-5-18)34(3,29)30/h4-11,13,15H,14H2,1-3H3,(H,26,27,28)/t15-/m0/s1. The van der Waals surface area contributed by atoms with E-state index < -0.39 is 9.84 Å². The van der Waals surface area contributed by atoms with Gasteiger partial charge in [0, 0.05) is 31.2 Å². The zero-order valence-electron chi connectivity index (χ0n) is 18.8. The minimum Gasteiger partial charge on any atom is -0.488 e. The molecule has 34 heavy (non-hydrogen) atoms. The number of pyridine rings is 1. The Morgan fingerprint density at radius 3 is 2.50 bits per heavy atom. The number of nitriles is 1. The predicted octanol–water partition coefficient (Wildman–Crippen LogP) is 4.11. The fourth-order valence-electron chi connectivity index (χ4n) is 3.33. The van der Waals surface area contributed by atoms with Gasteiger partial charge in [-0.2, -0.15) is 5.26 Å². The summed E-state index contributed by atoms with van der Waals surface area (Å²) in [6.07, 6.45) is 2.41. The molecular weight excluding hydrogens is 456 g/mol. The third-order valence-electron chi connectivity index (χ3n) is 4.85. The van der Waals surface area contributed by atoms with Gasteiger partial charge in [-0.15, -0.1) is 0 Å². The highest BCUT2D eigenvalue weighted by atomic mass is 32.2. The normalized spacial score (nSPS) is 12.3. The van der Waals surface area contributed by atoms with Gasteiger partial charge in [-0.1, -0.05) is 0 Å². The van der Waals surface area contributed by atoms with Crippen molar-refractivity contribution in [1.82, 2.24) is 15.0 Å². The van der Waals surface area contributed by atoms with E-state index in [1.54, 1.807) is 37.4 Å². The summed E-state index contributed by atoms with van der Waals surface area (Å²) in [5.74, 6) is 2.00. The largest absolute Gasteiger partial charge is 0.488 e. The molecule has 9 nitrogen and oxygen atoms in total. The van der Waals surface area contributed by atoms with Crippen LogP contribution in [0.2, 0.25) is 0 Å². The highest BCUT2D eigenvalue weighted by Crippen LogP contribution is 2.33. The molecule has 0 fully saturated rings. The van der Waals surface area contributed by atoms with Crippen LogP contribution in [0.5, 0.6) is 17.2 Å². The third-order valence-corrected chi connectivity index (χ3v) is 5.97. The van der Waals surface area contributed by atoms with Crippen LogP contribution in [-0.4, -0.2) is 49.4 Å². The molecule has 2 aromatic heterocycles. The summed E-state index contributed by atoms with van der Waals surface area (Å²) in [6, 6.07) is 15.2. The van der Waals surface area contributed by atoms with Crippen molar-refractivity contribution in [3.05, 3.63) is 60.3 Å². The van der Waals surface area contributed by atoms with E-state index in [2.05, 4.69) is 21.0 Å². The van der Waals surface area contributed by atoms with Gasteiger partial charge in [-0.25, -0.2) is 18.4 Å². The zero-order chi connectivity index (χ0) is 24.3. The van der Waals surface area contributed by atoms with Gasteiger partial charge in [-0.3, -0.25) is 0 Å². The number of hydrogen-bond donors (Lipinski definition) is 1. The molecule has 4 aromatic rings. The molecule has 2 aromatic carbocycles. The molecule has 10 heteroatoms. The predicted molar refractivity (Wildman–Crippen MR) is 126 cm³/mol. The van der Waals surface area contributed by atoms with Crippen LogP contribution < -0.4 is 9.47 Å². The van der Waals surface area contributed by atoms with E-state index in [-0.39, 0.29) is 11.0 Å². The number of nitrogens with one attached hydrogen (secondary N) is 1. The zero-order valence-corrected chi connectivity index (χ0v) is 19.6. The number of fused-ring (bicyclic) bond motifs is 1. The molecule has 0 aliphatic carbocycles. The number of methoxy groups -OCH3 is 1. The minimum atomic E-state index is -3.30. The van der Waals surface area contributed by atoms with Crippen LogP contribution >= 0.6 is 0 Å². The van der Waals surface area contributed by atoms with Crippen LogP contribution in [0.4, 0.5) is 0 Å². The van der Waals surface area contributed by atoms with Crippen molar-refractivity contribution in [2.75, 3.05) is 20.0 Å². The maximum Gasteiger partial charge on any atom is 0.178 e. The van der Waals surface area contributed by atoms with Crippen LogP contribution in [0, 0.1) is 11.3 Å². The number of nitrogens with zero attached hydrogens (tertiary/aromatic N) is 3. The minimum absolute atomic E-state index is 0.206. The lowest BCUT2D eigenvalue weighted by molar-refractivity contribution is 0.0920. The highest BCUT2D eigenvalue weighted by Gasteiger charge is 2.14. The van der Waals surface area contributed by atoms with Crippen molar-refractivity contribution in [2.45, 2.75) is 17.9 Å². The number of imidazole rings is 1. The van der Waals surface area contributed by atoms with Gasteiger partial charge in [0.05, 0.1) is 22.6 Å². The molecule has 2 heterocycles. The Morgan fingerprint density at radius 2 is 1.82 bits per heavy atom. The van der Waals surface area contributed by atoms with Crippen LogP contribution in [0.1, 0.15) is 12.5 Å². The quantitative estimate of drug-likeness (QED) is 0.401. The average molecular weight is 479 g/mol. The number of H-pyrrole nitrogens is 1. The van der Waals surface area contributed by atoms with E-state index in [1.165, 1.54) is 18.3 Å². The molecule has 4 rings (SSSR count). The number of benzene rings is 2. The second kappa shape index (κ2) is 9.51. The highest BCUT2D eigenvalue weighted by molar-refractivity contribution is 7.90. The van der Waals surface area contributed by atoms with Gasteiger partial charge >= 0.3 is 0 Å². The Kier molecular flexibility index (Phi) is 6.49. The first kappa shape index (κ1) is 23.2. The lowest BCUT2D eigenvalue weighted by Gasteiger charge is -2.16. The van der Waals surface area contributed by atoms with E-state index in [9.17, 15) is 8.42 Å². The summed E-state index contributed by atoms with van der Waals surface area (Å²) in [5.41, 5.74) is 2.22. The molecule has 0 unspecified atom stereocenters. The summed E-state index contributed by atoms with van der Waals surface area (Å²) in [6.45, 7) is 2.29. The van der Waals surface area contributed by atoms with Gasteiger partial charge in [0.2, 0.25) is 0 Å². The van der Waals surface area contributed by atoms with Crippen molar-refractivity contribution in [3.63, 3.8) is 0 Å². The van der Waals surface area contributed by atoms with Crippen molar-refractivity contribution in [2.24, 2.45) is 0 Å². The third kappa shape index (κ3) is 5.33. The maximum absolute atomic E-state index is 11.7. The van der Waals surface area contributed by atoms with Gasteiger partial charge in [0.25, 0.3) is 0 Å². The molecule has 0 amide bonds. The maximum atomic E-state index is 11.7. The lowest BCUT2D eigenvalue weighted by atomic mass is 10.2. The van der Waals surface area contributed by atoms with Crippen LogP contribution in [-0.2, 0) is 14.6 Å². The second-order valence-electron chi connectivity index (χ2n) is 7.71. The lowest BCUT2D eigenvalue weighted by Crippen LogP contribution is -2.17. The van der Waals surface area contributed by atoms with Crippen molar-refractivity contribution in [3.8, 4) is 34.7 Å². The number of rotatable bonds is 8. The molecule has 0 aliphatic rings. The number of aromatic nitrogens is 3. The topological polar surface area (TPSA) is 127 Å². The van der Waals surface area contributed by atoms with Crippen molar-refractivity contribution in [1.29, 1.82) is 5.26 Å². The molecular formula is C24H22N4O5S. The Hall–Kier alpha value is -3.94. The first-order valence-corrected chi connectivity index (χ1v) is 12.2. The molecule has 0 bridgehead atoms. The summed E-state index contributed by atoms with van der Waals surface area (Å²) in [7, 11) is -1.71. The molecule has 1 atom stereocenters. The number of hydrogen-bond acceptors (Lipinski definition) is 8. The Bertz CT molecular complexity index is 1470. The van der Waals surface area contributed by atoms with Crippen molar-refractivity contribution < 1.29 is 22.6 Å². The fraction of sp³-hybridized carbons (Fsp3) is 0.208. The van der Waals surface area contributed by atoms with E-state index >= 15 is 0 Å². The summed E-state index contributed by atoms with van der Waals surface area (Å²) in [5, 5.41) is 9.12. The number of aromatic amines is 1. The van der Waals surface area contributed by atoms with Gasteiger partial charge in [0.1, 0.15) is 35.2 Å². The summed E-state index contributed by atoms with van der Waals surface area (Å²) >= 11 is 0.